The second-order valence-corrected chi connectivity index (χ2v) is 13.8. The van der Waals surface area contributed by atoms with Crippen LogP contribution < -0.4 is 14.4 Å². The van der Waals surface area contributed by atoms with E-state index >= 15 is 0 Å². The standard InChI is InChI=1S/C38H43N3O5S/c1-3-46-34-22-24-35(25-23-34)47(44,45)41(33-20-18-29(2)19-21-33)28-37(42)40(27-31-14-8-5-9-15-31)36(26-30-12-6-4-7-13-30)38(43)39-32-16-10-11-17-32/h4-9,12-15,18-25,32,36H,3,10-11,16-17,26-28H2,1-2H3,(H,39,43)/t36-/m0/s1. The first-order chi connectivity index (χ1) is 22.7. The number of ether oxygens (including phenoxy) is 1. The molecule has 0 aromatic heterocycles. The maximum Gasteiger partial charge on any atom is 0.264 e. The number of rotatable bonds is 14. The van der Waals surface area contributed by atoms with Gasteiger partial charge in [-0.1, -0.05) is 91.2 Å². The van der Waals surface area contributed by atoms with Gasteiger partial charge in [-0.2, -0.15) is 0 Å². The summed E-state index contributed by atoms with van der Waals surface area (Å²) in [6, 6.07) is 31.5. The highest BCUT2D eigenvalue weighted by Crippen LogP contribution is 2.27. The Kier molecular flexibility index (Phi) is 11.3. The molecule has 1 saturated carbocycles. The molecule has 2 amide bonds. The van der Waals surface area contributed by atoms with Crippen LogP contribution in [0.3, 0.4) is 0 Å². The van der Waals surface area contributed by atoms with Gasteiger partial charge in [-0.25, -0.2) is 8.42 Å². The molecule has 1 atom stereocenters. The fourth-order valence-electron chi connectivity index (χ4n) is 5.94. The highest BCUT2D eigenvalue weighted by molar-refractivity contribution is 7.92. The Bertz CT molecular complexity index is 1710. The molecule has 5 rings (SSSR count). The highest BCUT2D eigenvalue weighted by Gasteiger charge is 2.35. The van der Waals surface area contributed by atoms with Crippen LogP contribution in [-0.4, -0.2) is 50.4 Å². The predicted octanol–water partition coefficient (Wildman–Crippen LogP) is 6.29. The van der Waals surface area contributed by atoms with Crippen molar-refractivity contribution in [1.82, 2.24) is 10.2 Å². The summed E-state index contributed by atoms with van der Waals surface area (Å²) < 4.78 is 35.2. The number of hydrogen-bond acceptors (Lipinski definition) is 5. The predicted molar refractivity (Wildman–Crippen MR) is 185 cm³/mol. The third-order valence-corrected chi connectivity index (χ3v) is 10.3. The fourth-order valence-corrected chi connectivity index (χ4v) is 7.36. The zero-order valence-corrected chi connectivity index (χ0v) is 27.9. The minimum absolute atomic E-state index is 0.0312. The van der Waals surface area contributed by atoms with Crippen LogP contribution in [0.1, 0.15) is 49.3 Å². The van der Waals surface area contributed by atoms with E-state index in [1.165, 1.54) is 12.1 Å². The maximum absolute atomic E-state index is 14.6. The van der Waals surface area contributed by atoms with Crippen molar-refractivity contribution in [2.24, 2.45) is 0 Å². The van der Waals surface area contributed by atoms with Gasteiger partial charge in [0.2, 0.25) is 11.8 Å². The van der Waals surface area contributed by atoms with Crippen LogP contribution in [0.2, 0.25) is 0 Å². The molecule has 1 fully saturated rings. The van der Waals surface area contributed by atoms with Crippen LogP contribution >= 0.6 is 0 Å². The van der Waals surface area contributed by atoms with Crippen molar-refractivity contribution in [3.05, 3.63) is 126 Å². The van der Waals surface area contributed by atoms with Crippen molar-refractivity contribution in [3.63, 3.8) is 0 Å². The van der Waals surface area contributed by atoms with Gasteiger partial charge < -0.3 is 15.0 Å². The Morgan fingerprint density at radius 2 is 1.43 bits per heavy atom. The molecule has 9 heteroatoms. The number of anilines is 1. The molecule has 8 nitrogen and oxygen atoms in total. The van der Waals surface area contributed by atoms with E-state index in [1.54, 1.807) is 29.2 Å². The molecule has 0 unspecified atom stereocenters. The third-order valence-electron chi connectivity index (χ3n) is 8.49. The zero-order valence-electron chi connectivity index (χ0n) is 27.0. The number of hydrogen-bond donors (Lipinski definition) is 1. The van der Waals surface area contributed by atoms with E-state index in [0.29, 0.717) is 18.0 Å². The van der Waals surface area contributed by atoms with E-state index in [1.807, 2.05) is 86.6 Å². The lowest BCUT2D eigenvalue weighted by molar-refractivity contribution is -0.140. The quantitative estimate of drug-likeness (QED) is 0.173. The van der Waals surface area contributed by atoms with Crippen molar-refractivity contribution in [1.29, 1.82) is 0 Å². The van der Waals surface area contributed by atoms with Gasteiger partial charge in [-0.15, -0.1) is 0 Å². The van der Waals surface area contributed by atoms with Gasteiger partial charge in [-0.3, -0.25) is 13.9 Å². The number of carbonyl (C=O) groups excluding carboxylic acids is 2. The number of nitrogens with one attached hydrogen (secondary N) is 1. The minimum Gasteiger partial charge on any atom is -0.494 e. The van der Waals surface area contributed by atoms with Crippen LogP contribution in [0.5, 0.6) is 5.75 Å². The molecular formula is C38H43N3O5S. The van der Waals surface area contributed by atoms with Crippen LogP contribution in [0, 0.1) is 6.92 Å². The van der Waals surface area contributed by atoms with E-state index in [0.717, 1.165) is 46.7 Å². The monoisotopic (exact) mass is 653 g/mol. The van der Waals surface area contributed by atoms with Crippen LogP contribution in [-0.2, 0) is 32.6 Å². The zero-order chi connectivity index (χ0) is 33.2. The molecule has 0 radical (unpaired) electrons. The number of benzene rings is 4. The summed E-state index contributed by atoms with van der Waals surface area (Å²) in [5, 5.41) is 3.21. The molecule has 1 N–H and O–H groups in total. The molecule has 0 saturated heterocycles. The van der Waals surface area contributed by atoms with Gasteiger partial charge in [0.25, 0.3) is 10.0 Å². The van der Waals surface area contributed by atoms with Crippen molar-refractivity contribution < 1.29 is 22.7 Å². The average molecular weight is 654 g/mol. The molecule has 0 heterocycles. The largest absolute Gasteiger partial charge is 0.494 e. The smallest absolute Gasteiger partial charge is 0.264 e. The average Bonchev–Trinajstić information content (AvgIpc) is 3.60. The maximum atomic E-state index is 14.6. The number of carbonyl (C=O) groups is 2. The minimum atomic E-state index is -4.19. The summed E-state index contributed by atoms with van der Waals surface area (Å²) in [5.41, 5.74) is 3.05. The van der Waals surface area contributed by atoms with E-state index in [2.05, 4.69) is 5.32 Å². The molecule has 0 spiro atoms. The Labute approximate surface area is 278 Å². The number of amides is 2. The topological polar surface area (TPSA) is 96.0 Å². The van der Waals surface area contributed by atoms with E-state index in [9.17, 15) is 18.0 Å². The SMILES string of the molecule is CCOc1ccc(S(=O)(=O)N(CC(=O)N(Cc2ccccc2)[C@@H](Cc2ccccc2)C(=O)NC2CCCC2)c2ccc(C)cc2)cc1. The molecule has 4 aromatic carbocycles. The van der Waals surface area contributed by atoms with E-state index in [4.69, 9.17) is 4.74 Å². The molecule has 1 aliphatic carbocycles. The second kappa shape index (κ2) is 15.8. The van der Waals surface area contributed by atoms with Gasteiger partial charge in [-0.05, 0) is 74.2 Å². The lowest BCUT2D eigenvalue weighted by atomic mass is 10.0. The summed E-state index contributed by atoms with van der Waals surface area (Å²) in [6.07, 6.45) is 4.19. The summed E-state index contributed by atoms with van der Waals surface area (Å²) >= 11 is 0. The first kappa shape index (κ1) is 33.7. The molecule has 47 heavy (non-hydrogen) atoms. The summed E-state index contributed by atoms with van der Waals surface area (Å²) in [6.45, 7) is 3.87. The Balaban J connectivity index is 1.54. The first-order valence-corrected chi connectivity index (χ1v) is 17.7. The second-order valence-electron chi connectivity index (χ2n) is 12.0. The Morgan fingerprint density at radius 3 is 2.02 bits per heavy atom. The van der Waals surface area contributed by atoms with Gasteiger partial charge in [0, 0.05) is 19.0 Å². The van der Waals surface area contributed by atoms with Gasteiger partial charge in [0.15, 0.2) is 0 Å². The van der Waals surface area contributed by atoms with Crippen molar-refractivity contribution in [2.75, 3.05) is 17.5 Å². The van der Waals surface area contributed by atoms with Crippen LogP contribution in [0.25, 0.3) is 0 Å². The molecule has 246 valence electrons. The summed E-state index contributed by atoms with van der Waals surface area (Å²) in [4.78, 5) is 30.3. The summed E-state index contributed by atoms with van der Waals surface area (Å²) in [5.74, 6) is -0.164. The van der Waals surface area contributed by atoms with Gasteiger partial charge >= 0.3 is 0 Å². The van der Waals surface area contributed by atoms with Crippen molar-refractivity contribution in [2.45, 2.75) is 69.5 Å². The summed E-state index contributed by atoms with van der Waals surface area (Å²) in [7, 11) is -4.19. The fraction of sp³-hybridized carbons (Fsp3) is 0.316. The van der Waals surface area contributed by atoms with Gasteiger partial charge in [0.1, 0.15) is 18.3 Å². The number of nitrogens with zero attached hydrogens (tertiary/aromatic N) is 2. The number of sulfonamides is 1. The Morgan fingerprint density at radius 1 is 0.830 bits per heavy atom. The molecule has 0 aliphatic heterocycles. The molecule has 0 bridgehead atoms. The van der Waals surface area contributed by atoms with Gasteiger partial charge in [0.05, 0.1) is 17.2 Å². The number of aryl methyl sites for hydroxylation is 1. The normalized spacial score (nSPS) is 13.9. The molecular weight excluding hydrogens is 611 g/mol. The lowest BCUT2D eigenvalue weighted by Gasteiger charge is -2.34. The Hall–Kier alpha value is -4.63. The molecule has 1 aliphatic rings. The van der Waals surface area contributed by atoms with Crippen molar-refractivity contribution in [3.8, 4) is 5.75 Å². The molecule has 4 aromatic rings. The van der Waals surface area contributed by atoms with E-state index < -0.39 is 28.5 Å². The van der Waals surface area contributed by atoms with Crippen LogP contribution in [0.15, 0.2) is 114 Å². The first-order valence-electron chi connectivity index (χ1n) is 16.2. The van der Waals surface area contributed by atoms with Crippen molar-refractivity contribution >= 4 is 27.5 Å². The van der Waals surface area contributed by atoms with Crippen LogP contribution in [0.4, 0.5) is 5.69 Å². The lowest BCUT2D eigenvalue weighted by Crippen LogP contribution is -2.54. The third kappa shape index (κ3) is 8.80. The highest BCUT2D eigenvalue weighted by atomic mass is 32.2. The van der Waals surface area contributed by atoms with E-state index in [-0.39, 0.29) is 29.8 Å².